The Morgan fingerprint density at radius 1 is 1.00 bits per heavy atom. The molecular formula is C22H21BrN2O3S. The minimum Gasteiger partial charge on any atom is -0.370 e. The maximum atomic E-state index is 13.4. The van der Waals surface area contributed by atoms with Crippen molar-refractivity contribution in [1.82, 2.24) is 0 Å². The molecule has 0 spiro atoms. The van der Waals surface area contributed by atoms with Crippen LogP contribution in [-0.4, -0.2) is 26.8 Å². The van der Waals surface area contributed by atoms with E-state index in [1.165, 1.54) is 0 Å². The maximum Gasteiger partial charge on any atom is 0.266 e. The molecule has 0 bridgehead atoms. The van der Waals surface area contributed by atoms with Crippen molar-refractivity contribution in [3.05, 3.63) is 88.4 Å². The predicted molar refractivity (Wildman–Crippen MR) is 119 cm³/mol. The molecule has 150 valence electrons. The second-order valence-corrected chi connectivity index (χ2v) is 9.85. The van der Waals surface area contributed by atoms with E-state index in [4.69, 9.17) is 0 Å². The third-order valence-corrected chi connectivity index (χ3v) is 7.52. The number of benzene rings is 3. The minimum atomic E-state index is -3.93. The highest BCUT2D eigenvalue weighted by Gasteiger charge is 2.45. The van der Waals surface area contributed by atoms with Crippen LogP contribution in [0.5, 0.6) is 0 Å². The zero-order valence-electron chi connectivity index (χ0n) is 16.0. The number of aliphatic hydroxyl groups is 1. The van der Waals surface area contributed by atoms with Crippen molar-refractivity contribution in [2.45, 2.75) is 24.1 Å². The van der Waals surface area contributed by atoms with Gasteiger partial charge in [0.1, 0.15) is 6.04 Å². The molecule has 1 aliphatic rings. The first-order valence-electron chi connectivity index (χ1n) is 9.17. The number of aliphatic hydroxyl groups excluding tert-OH is 1. The molecule has 3 aromatic rings. The third-order valence-electron chi connectivity index (χ3n) is 5.23. The van der Waals surface area contributed by atoms with Gasteiger partial charge in [-0.15, -0.1) is 0 Å². The predicted octanol–water partition coefficient (Wildman–Crippen LogP) is 4.46. The van der Waals surface area contributed by atoms with Gasteiger partial charge < -0.3 is 10.0 Å². The number of para-hydroxylation sites is 1. The number of hydrogen-bond donors (Lipinski definition) is 1. The number of aryl methyl sites for hydroxylation is 1. The summed E-state index contributed by atoms with van der Waals surface area (Å²) in [4.78, 5) is 2.06. The van der Waals surface area contributed by atoms with Crippen molar-refractivity contribution in [1.29, 1.82) is 0 Å². The summed E-state index contributed by atoms with van der Waals surface area (Å²) in [5, 5.41) is 11.2. The van der Waals surface area contributed by atoms with E-state index in [2.05, 4.69) is 15.9 Å². The minimum absolute atomic E-state index is 0.155. The smallest absolute Gasteiger partial charge is 0.266 e. The van der Waals surface area contributed by atoms with Crippen LogP contribution in [-0.2, 0) is 10.0 Å². The summed E-state index contributed by atoms with van der Waals surface area (Å²) in [7, 11) is -2.07. The highest BCUT2D eigenvalue weighted by atomic mass is 79.9. The van der Waals surface area contributed by atoms with E-state index in [1.54, 1.807) is 36.4 Å². The molecule has 4 rings (SSSR count). The molecule has 0 aliphatic carbocycles. The normalized spacial score (nSPS) is 18.6. The van der Waals surface area contributed by atoms with E-state index in [0.29, 0.717) is 5.69 Å². The van der Waals surface area contributed by atoms with Crippen molar-refractivity contribution in [2.24, 2.45) is 0 Å². The summed E-state index contributed by atoms with van der Waals surface area (Å²) in [6.07, 6.45) is -1.26. The number of hydrogen-bond acceptors (Lipinski definition) is 4. The van der Waals surface area contributed by atoms with E-state index in [1.807, 2.05) is 55.3 Å². The molecule has 0 amide bonds. The Morgan fingerprint density at radius 2 is 1.69 bits per heavy atom. The monoisotopic (exact) mass is 472 g/mol. The number of halogens is 1. The van der Waals surface area contributed by atoms with Crippen molar-refractivity contribution in [3.8, 4) is 0 Å². The molecule has 0 fully saturated rings. The summed E-state index contributed by atoms with van der Waals surface area (Å²) in [5.74, 6) is 0. The molecular weight excluding hydrogens is 452 g/mol. The largest absolute Gasteiger partial charge is 0.370 e. The molecule has 0 aromatic heterocycles. The Hall–Kier alpha value is -2.35. The summed E-state index contributed by atoms with van der Waals surface area (Å²) < 4.78 is 28.9. The van der Waals surface area contributed by atoms with Crippen LogP contribution < -0.4 is 9.21 Å². The van der Waals surface area contributed by atoms with Crippen LogP contribution in [0.3, 0.4) is 0 Å². The lowest BCUT2D eigenvalue weighted by molar-refractivity contribution is 0.164. The van der Waals surface area contributed by atoms with Crippen molar-refractivity contribution in [2.75, 3.05) is 16.3 Å². The fourth-order valence-corrected chi connectivity index (χ4v) is 5.65. The maximum absolute atomic E-state index is 13.4. The number of nitrogens with zero attached hydrogens (tertiary/aromatic N) is 2. The summed E-state index contributed by atoms with van der Waals surface area (Å²) in [6, 6.07) is 21.1. The topological polar surface area (TPSA) is 60.9 Å². The van der Waals surface area contributed by atoms with Crippen LogP contribution in [0.2, 0.25) is 0 Å². The van der Waals surface area contributed by atoms with Crippen LogP contribution in [0.4, 0.5) is 11.4 Å². The third kappa shape index (κ3) is 3.43. The molecule has 0 radical (unpaired) electrons. The fraction of sp³-hybridized carbons (Fsp3) is 0.182. The van der Waals surface area contributed by atoms with Gasteiger partial charge in [0.05, 0.1) is 10.6 Å². The molecule has 0 saturated carbocycles. The van der Waals surface area contributed by atoms with Crippen LogP contribution in [0.15, 0.2) is 82.2 Å². The quantitative estimate of drug-likeness (QED) is 0.608. The second-order valence-electron chi connectivity index (χ2n) is 7.12. The molecule has 2 unspecified atom stereocenters. The first kappa shape index (κ1) is 19.9. The first-order chi connectivity index (χ1) is 13.8. The Balaban J connectivity index is 1.81. The zero-order valence-corrected chi connectivity index (χ0v) is 18.4. The number of fused-ring (bicyclic) bond motifs is 1. The van der Waals surface area contributed by atoms with Gasteiger partial charge in [0.2, 0.25) is 0 Å². The van der Waals surface area contributed by atoms with Gasteiger partial charge in [-0.25, -0.2) is 12.7 Å². The summed E-state index contributed by atoms with van der Waals surface area (Å²) >= 11 is 3.47. The van der Waals surface area contributed by atoms with E-state index >= 15 is 0 Å². The van der Waals surface area contributed by atoms with Gasteiger partial charge in [-0.1, -0.05) is 57.9 Å². The molecule has 2 atom stereocenters. The molecule has 7 heteroatoms. The van der Waals surface area contributed by atoms with Gasteiger partial charge in [-0.2, -0.15) is 0 Å². The van der Waals surface area contributed by atoms with Crippen molar-refractivity contribution < 1.29 is 13.5 Å². The van der Waals surface area contributed by atoms with Crippen LogP contribution in [0.25, 0.3) is 0 Å². The van der Waals surface area contributed by atoms with E-state index < -0.39 is 22.3 Å². The van der Waals surface area contributed by atoms with Crippen LogP contribution >= 0.6 is 15.9 Å². The second kappa shape index (κ2) is 7.48. The van der Waals surface area contributed by atoms with Crippen molar-refractivity contribution >= 4 is 37.3 Å². The Morgan fingerprint density at radius 3 is 2.38 bits per heavy atom. The lowest BCUT2D eigenvalue weighted by atomic mass is 10.1. The molecule has 5 nitrogen and oxygen atoms in total. The number of anilines is 2. The van der Waals surface area contributed by atoms with Gasteiger partial charge in [-0.3, -0.25) is 0 Å². The van der Waals surface area contributed by atoms with E-state index in [9.17, 15) is 13.5 Å². The molecule has 1 heterocycles. The Labute approximate surface area is 179 Å². The lowest BCUT2D eigenvalue weighted by Crippen LogP contribution is -2.43. The van der Waals surface area contributed by atoms with Crippen molar-refractivity contribution in [3.63, 3.8) is 0 Å². The van der Waals surface area contributed by atoms with Crippen LogP contribution in [0, 0.1) is 6.92 Å². The highest BCUT2D eigenvalue weighted by molar-refractivity contribution is 9.10. The van der Waals surface area contributed by atoms with Gasteiger partial charge in [0, 0.05) is 22.8 Å². The van der Waals surface area contributed by atoms with Gasteiger partial charge >= 0.3 is 0 Å². The molecule has 1 aliphatic heterocycles. The van der Waals surface area contributed by atoms with Gasteiger partial charge in [0.25, 0.3) is 10.0 Å². The fourth-order valence-electron chi connectivity index (χ4n) is 3.73. The highest BCUT2D eigenvalue weighted by Crippen LogP contribution is 2.45. The number of sulfonamides is 1. The average molecular weight is 473 g/mol. The SMILES string of the molecule is Cc1ccc(S(=O)(=O)N2c3ccccc3C(N(C)c3cccc(Br)c3)C2O)cc1. The summed E-state index contributed by atoms with van der Waals surface area (Å²) in [5.41, 5.74) is 3.09. The van der Waals surface area contributed by atoms with E-state index in [0.717, 1.165) is 25.6 Å². The van der Waals surface area contributed by atoms with Crippen LogP contribution in [0.1, 0.15) is 17.2 Å². The summed E-state index contributed by atoms with van der Waals surface area (Å²) in [6.45, 7) is 1.90. The average Bonchev–Trinajstić information content (AvgIpc) is 3.00. The Bertz CT molecular complexity index is 1150. The number of likely N-dealkylation sites (N-methyl/N-ethyl adjacent to an activating group) is 1. The lowest BCUT2D eigenvalue weighted by Gasteiger charge is -2.32. The first-order valence-corrected chi connectivity index (χ1v) is 11.4. The van der Waals surface area contributed by atoms with Gasteiger partial charge in [-0.05, 0) is 43.3 Å². The van der Waals surface area contributed by atoms with E-state index in [-0.39, 0.29) is 4.90 Å². The molecule has 29 heavy (non-hydrogen) atoms. The zero-order chi connectivity index (χ0) is 20.8. The Kier molecular flexibility index (Phi) is 5.14. The number of rotatable bonds is 4. The molecule has 0 saturated heterocycles. The molecule has 3 aromatic carbocycles. The molecule has 1 N–H and O–H groups in total. The standard InChI is InChI=1S/C22H21BrN2O3S/c1-15-10-12-18(13-11-15)29(27,28)25-20-9-4-3-8-19(20)21(22(25)26)24(2)17-7-5-6-16(23)14-17/h3-14,21-22,26H,1-2H3. The van der Waals surface area contributed by atoms with Gasteiger partial charge in [0.15, 0.2) is 6.23 Å².